The Morgan fingerprint density at radius 1 is 0.857 bits per heavy atom. The lowest BCUT2D eigenvalue weighted by Gasteiger charge is -2.34. The molecule has 0 bridgehead atoms. The lowest BCUT2D eigenvalue weighted by molar-refractivity contribution is 0.0526. The first-order valence-electron chi connectivity index (χ1n) is 11.9. The molecule has 5 rings (SSSR count). The number of benzene rings is 1. The van der Waals surface area contributed by atoms with Gasteiger partial charge in [-0.1, -0.05) is 0 Å². The first-order valence-corrected chi connectivity index (χ1v) is 11.9. The number of aromatic nitrogens is 4. The molecule has 1 saturated heterocycles. The lowest BCUT2D eigenvalue weighted by atomic mass is 10.1. The van der Waals surface area contributed by atoms with Gasteiger partial charge in [0.05, 0.1) is 19.9 Å². The van der Waals surface area contributed by atoms with Gasteiger partial charge < -0.3 is 19.3 Å². The monoisotopic (exact) mass is 478 g/mol. The number of hydrogen-bond donors (Lipinski definition) is 0. The summed E-state index contributed by atoms with van der Waals surface area (Å²) in [6.07, 6.45) is 3.21. The molecule has 1 fully saturated rings. The Labute approximate surface area is 204 Å². The van der Waals surface area contributed by atoms with Crippen LogP contribution in [0.2, 0.25) is 0 Å². The predicted molar refractivity (Wildman–Crippen MR) is 129 cm³/mol. The fourth-order valence-electron chi connectivity index (χ4n) is 4.77. The average Bonchev–Trinajstić information content (AvgIpc) is 3.51. The lowest BCUT2D eigenvalue weighted by Crippen LogP contribution is -2.51. The third kappa shape index (κ3) is 4.36. The molecular formula is C25H30N6O4. The molecule has 0 atom stereocenters. The molecular weight excluding hydrogens is 448 g/mol. The minimum Gasteiger partial charge on any atom is -0.497 e. The Kier molecular flexibility index (Phi) is 6.19. The zero-order valence-electron chi connectivity index (χ0n) is 20.4. The molecule has 1 aromatic carbocycles. The van der Waals surface area contributed by atoms with E-state index < -0.39 is 0 Å². The Balaban J connectivity index is 1.27. The number of ether oxygens (including phenoxy) is 2. The molecule has 35 heavy (non-hydrogen) atoms. The van der Waals surface area contributed by atoms with Crippen molar-refractivity contribution in [3.8, 4) is 22.8 Å². The second-order valence-electron chi connectivity index (χ2n) is 8.89. The minimum atomic E-state index is -0.113. The fourth-order valence-corrected chi connectivity index (χ4v) is 4.77. The normalized spacial score (nSPS) is 15.6. The maximum Gasteiger partial charge on any atom is 0.274 e. The van der Waals surface area contributed by atoms with Gasteiger partial charge in [-0.3, -0.25) is 19.0 Å². The molecule has 2 aliphatic heterocycles. The molecule has 3 aromatic rings. The van der Waals surface area contributed by atoms with Crippen LogP contribution in [-0.2, 0) is 20.0 Å². The summed E-state index contributed by atoms with van der Waals surface area (Å²) in [5.41, 5.74) is 3.49. The van der Waals surface area contributed by atoms with Crippen molar-refractivity contribution in [2.45, 2.75) is 25.8 Å². The first kappa shape index (κ1) is 22.9. The molecule has 0 unspecified atom stereocenters. The number of carbonyl (C=O) groups excluding carboxylic acids is 2. The van der Waals surface area contributed by atoms with Crippen LogP contribution in [0.15, 0.2) is 30.3 Å². The van der Waals surface area contributed by atoms with Crippen LogP contribution in [0.3, 0.4) is 0 Å². The average molecular weight is 479 g/mol. The van der Waals surface area contributed by atoms with Crippen LogP contribution >= 0.6 is 0 Å². The standard InChI is InChI=1S/C25H30N6O4/c1-28-22(16-20(26-28)19-15-18(34-2)7-8-23(19)35-3)25(33)30-12-10-29(11-13-30)24(32)21-14-17-6-4-5-9-31(17)27-21/h7-8,14-16H,4-6,9-13H2,1-3H3. The number of nitrogens with zero attached hydrogens (tertiary/aromatic N) is 6. The van der Waals surface area contributed by atoms with Crippen molar-refractivity contribution in [2.24, 2.45) is 7.05 Å². The van der Waals surface area contributed by atoms with Crippen LogP contribution in [0.1, 0.15) is 39.5 Å². The fraction of sp³-hybridized carbons (Fsp3) is 0.440. The van der Waals surface area contributed by atoms with E-state index in [4.69, 9.17) is 9.47 Å². The maximum absolute atomic E-state index is 13.3. The van der Waals surface area contributed by atoms with E-state index in [1.165, 1.54) is 0 Å². The van der Waals surface area contributed by atoms with Crippen LogP contribution in [-0.4, -0.2) is 81.6 Å². The van der Waals surface area contributed by atoms with Crippen LogP contribution in [0.25, 0.3) is 11.3 Å². The van der Waals surface area contributed by atoms with Gasteiger partial charge in [-0.15, -0.1) is 0 Å². The molecule has 0 aliphatic carbocycles. The number of hydrogen-bond acceptors (Lipinski definition) is 6. The topological polar surface area (TPSA) is 94.7 Å². The van der Waals surface area contributed by atoms with Gasteiger partial charge in [-0.25, -0.2) is 0 Å². The van der Waals surface area contributed by atoms with Crippen molar-refractivity contribution in [1.82, 2.24) is 29.4 Å². The zero-order chi connectivity index (χ0) is 24.5. The molecule has 4 heterocycles. The van der Waals surface area contributed by atoms with E-state index in [0.717, 1.165) is 37.1 Å². The Bertz CT molecular complexity index is 1230. The van der Waals surface area contributed by atoms with E-state index in [2.05, 4.69) is 10.2 Å². The second kappa shape index (κ2) is 9.44. The Morgan fingerprint density at radius 2 is 1.60 bits per heavy atom. The minimum absolute atomic E-state index is 0.0630. The zero-order valence-corrected chi connectivity index (χ0v) is 20.4. The molecule has 2 aromatic heterocycles. The summed E-state index contributed by atoms with van der Waals surface area (Å²) in [4.78, 5) is 29.9. The number of aryl methyl sites for hydroxylation is 3. The van der Waals surface area contributed by atoms with Gasteiger partial charge in [-0.05, 0) is 49.6 Å². The highest BCUT2D eigenvalue weighted by molar-refractivity contribution is 5.95. The van der Waals surface area contributed by atoms with Gasteiger partial charge >= 0.3 is 0 Å². The summed E-state index contributed by atoms with van der Waals surface area (Å²) in [6.45, 7) is 2.74. The number of amides is 2. The molecule has 2 aliphatic rings. The van der Waals surface area contributed by atoms with Crippen molar-refractivity contribution in [2.75, 3.05) is 40.4 Å². The second-order valence-corrected chi connectivity index (χ2v) is 8.89. The van der Waals surface area contributed by atoms with Crippen molar-refractivity contribution >= 4 is 11.8 Å². The van der Waals surface area contributed by atoms with E-state index in [1.54, 1.807) is 41.8 Å². The van der Waals surface area contributed by atoms with Gasteiger partial charge in [0.25, 0.3) is 11.8 Å². The maximum atomic E-state index is 13.3. The summed E-state index contributed by atoms with van der Waals surface area (Å²) < 4.78 is 14.4. The summed E-state index contributed by atoms with van der Waals surface area (Å²) in [7, 11) is 4.95. The van der Waals surface area contributed by atoms with Gasteiger partial charge in [0.15, 0.2) is 5.69 Å². The molecule has 10 nitrogen and oxygen atoms in total. The van der Waals surface area contributed by atoms with Gasteiger partial charge in [-0.2, -0.15) is 10.2 Å². The van der Waals surface area contributed by atoms with Gasteiger partial charge in [0.2, 0.25) is 0 Å². The Morgan fingerprint density at radius 3 is 2.29 bits per heavy atom. The SMILES string of the molecule is COc1ccc(OC)c(-c2cc(C(=O)N3CCN(C(=O)c4cc5n(n4)CCCC5)CC3)n(C)n2)c1. The van der Waals surface area contributed by atoms with E-state index in [1.807, 2.05) is 28.9 Å². The number of rotatable bonds is 5. The van der Waals surface area contributed by atoms with E-state index in [0.29, 0.717) is 54.8 Å². The number of piperazine rings is 1. The van der Waals surface area contributed by atoms with Crippen LogP contribution in [0, 0.1) is 0 Å². The number of carbonyl (C=O) groups is 2. The molecule has 0 N–H and O–H groups in total. The van der Waals surface area contributed by atoms with Gasteiger partial charge in [0.1, 0.15) is 17.2 Å². The summed E-state index contributed by atoms with van der Waals surface area (Å²) >= 11 is 0. The van der Waals surface area contributed by atoms with E-state index >= 15 is 0 Å². The van der Waals surface area contributed by atoms with Crippen LogP contribution in [0.5, 0.6) is 11.5 Å². The quantitative estimate of drug-likeness (QED) is 0.558. The largest absolute Gasteiger partial charge is 0.497 e. The number of fused-ring (bicyclic) bond motifs is 1. The highest BCUT2D eigenvalue weighted by atomic mass is 16.5. The van der Waals surface area contributed by atoms with Crippen molar-refractivity contribution in [3.63, 3.8) is 0 Å². The molecule has 10 heteroatoms. The molecule has 0 saturated carbocycles. The van der Waals surface area contributed by atoms with E-state index in [9.17, 15) is 9.59 Å². The third-order valence-corrected chi connectivity index (χ3v) is 6.77. The highest BCUT2D eigenvalue weighted by Crippen LogP contribution is 2.33. The van der Waals surface area contributed by atoms with Crippen LogP contribution < -0.4 is 9.47 Å². The predicted octanol–water partition coefficient (Wildman–Crippen LogP) is 2.24. The molecule has 2 amide bonds. The van der Waals surface area contributed by atoms with Crippen molar-refractivity contribution in [1.29, 1.82) is 0 Å². The molecule has 0 radical (unpaired) electrons. The van der Waals surface area contributed by atoms with Crippen molar-refractivity contribution < 1.29 is 19.1 Å². The van der Waals surface area contributed by atoms with Crippen LogP contribution in [0.4, 0.5) is 0 Å². The van der Waals surface area contributed by atoms with E-state index in [-0.39, 0.29) is 11.8 Å². The smallest absolute Gasteiger partial charge is 0.274 e. The van der Waals surface area contributed by atoms with Crippen molar-refractivity contribution in [3.05, 3.63) is 47.4 Å². The first-order chi connectivity index (χ1) is 17.0. The van der Waals surface area contributed by atoms with Gasteiger partial charge in [0, 0.05) is 51.0 Å². The summed E-state index contributed by atoms with van der Waals surface area (Å²) in [6, 6.07) is 9.16. The highest BCUT2D eigenvalue weighted by Gasteiger charge is 2.29. The molecule has 184 valence electrons. The molecule has 0 spiro atoms. The summed E-state index contributed by atoms with van der Waals surface area (Å²) in [5, 5.41) is 9.07. The Hall–Kier alpha value is -3.82. The number of methoxy groups -OCH3 is 2. The summed E-state index contributed by atoms with van der Waals surface area (Å²) in [5.74, 6) is 1.15. The third-order valence-electron chi connectivity index (χ3n) is 6.77.